The molecular weight excluding hydrogens is 322 g/mol. The molecule has 0 aliphatic carbocycles. The van der Waals surface area contributed by atoms with Crippen LogP contribution in [0.15, 0.2) is 78.9 Å². The summed E-state index contributed by atoms with van der Waals surface area (Å²) in [5, 5.41) is 2.39. The monoisotopic (exact) mass is 346 g/mol. The van der Waals surface area contributed by atoms with E-state index in [4.69, 9.17) is 9.47 Å². The highest BCUT2D eigenvalue weighted by Crippen LogP contribution is 2.37. The molecule has 0 radical (unpaired) electrons. The summed E-state index contributed by atoms with van der Waals surface area (Å²) in [5.41, 5.74) is 4.00. The summed E-state index contributed by atoms with van der Waals surface area (Å²) in [6.07, 6.45) is 1.08. The van der Waals surface area contributed by atoms with Crippen LogP contribution in [0.4, 0.5) is 0 Å². The summed E-state index contributed by atoms with van der Waals surface area (Å²) in [4.78, 5) is 0. The molecule has 3 nitrogen and oxygen atoms in total. The number of benzene rings is 3. The van der Waals surface area contributed by atoms with Gasteiger partial charge in [-0.3, -0.25) is 0 Å². The third-order valence-electron chi connectivity index (χ3n) is 4.88. The molecule has 0 amide bonds. The third-order valence-corrected chi connectivity index (χ3v) is 4.88. The summed E-state index contributed by atoms with van der Waals surface area (Å²) in [7, 11) is 0. The number of hydrogen-bond acceptors (Lipinski definition) is 2. The first kappa shape index (κ1) is 16.7. The van der Waals surface area contributed by atoms with Crippen molar-refractivity contribution in [1.82, 2.24) is 0 Å². The van der Waals surface area contributed by atoms with E-state index in [1.54, 1.807) is 0 Å². The van der Waals surface area contributed by atoms with E-state index >= 15 is 0 Å². The smallest absolute Gasteiger partial charge is 0.231 e. The van der Waals surface area contributed by atoms with Gasteiger partial charge in [0.05, 0.1) is 6.54 Å². The fourth-order valence-corrected chi connectivity index (χ4v) is 3.51. The molecule has 3 heteroatoms. The van der Waals surface area contributed by atoms with E-state index < -0.39 is 0 Å². The lowest BCUT2D eigenvalue weighted by Crippen LogP contribution is -2.82. The summed E-state index contributed by atoms with van der Waals surface area (Å²) in [6.45, 7) is 2.41. The Morgan fingerprint density at radius 3 is 2.31 bits per heavy atom. The molecule has 3 aromatic carbocycles. The van der Waals surface area contributed by atoms with Crippen molar-refractivity contribution < 1.29 is 14.8 Å². The number of nitrogens with two attached hydrogens (primary N) is 1. The van der Waals surface area contributed by atoms with Crippen molar-refractivity contribution in [3.8, 4) is 11.5 Å². The highest BCUT2D eigenvalue weighted by Gasteiger charge is 2.19. The van der Waals surface area contributed by atoms with Gasteiger partial charge in [-0.25, -0.2) is 0 Å². The number of rotatable bonds is 7. The van der Waals surface area contributed by atoms with Gasteiger partial charge in [-0.2, -0.15) is 0 Å². The van der Waals surface area contributed by atoms with Crippen LogP contribution in [0.5, 0.6) is 11.5 Å². The lowest BCUT2D eigenvalue weighted by atomic mass is 9.88. The Morgan fingerprint density at radius 1 is 0.769 bits per heavy atom. The number of ether oxygens (including phenoxy) is 2. The molecule has 0 unspecified atom stereocenters. The second-order valence-corrected chi connectivity index (χ2v) is 6.63. The van der Waals surface area contributed by atoms with Gasteiger partial charge in [0.2, 0.25) is 6.79 Å². The van der Waals surface area contributed by atoms with Crippen LogP contribution in [-0.4, -0.2) is 13.3 Å². The molecule has 0 fully saturated rings. The maximum Gasteiger partial charge on any atom is 0.231 e. The average molecular weight is 346 g/mol. The van der Waals surface area contributed by atoms with Crippen molar-refractivity contribution in [1.29, 1.82) is 0 Å². The second-order valence-electron chi connectivity index (χ2n) is 6.63. The van der Waals surface area contributed by atoms with Crippen LogP contribution in [0.2, 0.25) is 0 Å². The van der Waals surface area contributed by atoms with Crippen molar-refractivity contribution in [2.24, 2.45) is 0 Å². The molecule has 0 saturated carbocycles. The second kappa shape index (κ2) is 8.07. The van der Waals surface area contributed by atoms with Crippen LogP contribution in [0.1, 0.15) is 29.0 Å². The van der Waals surface area contributed by atoms with E-state index in [1.165, 1.54) is 16.7 Å². The number of hydrogen-bond donors (Lipinski definition) is 1. The van der Waals surface area contributed by atoms with E-state index in [-0.39, 0.29) is 0 Å². The first-order valence-corrected chi connectivity index (χ1v) is 9.20. The van der Waals surface area contributed by atoms with E-state index in [1.807, 2.05) is 6.07 Å². The predicted molar refractivity (Wildman–Crippen MR) is 102 cm³/mol. The Kier molecular flexibility index (Phi) is 5.17. The fourth-order valence-electron chi connectivity index (χ4n) is 3.51. The van der Waals surface area contributed by atoms with Gasteiger partial charge in [0, 0.05) is 17.9 Å². The Labute approximate surface area is 154 Å². The minimum atomic E-state index is 0.319. The Bertz CT molecular complexity index is 833. The van der Waals surface area contributed by atoms with Crippen molar-refractivity contribution in [3.05, 3.63) is 95.6 Å². The first-order chi connectivity index (χ1) is 12.9. The Balaban J connectivity index is 1.47. The van der Waals surface area contributed by atoms with Gasteiger partial charge in [-0.1, -0.05) is 66.7 Å². The summed E-state index contributed by atoms with van der Waals surface area (Å²) >= 11 is 0. The molecule has 0 aromatic heterocycles. The zero-order valence-electron chi connectivity index (χ0n) is 14.8. The first-order valence-electron chi connectivity index (χ1n) is 9.20. The normalized spacial score (nSPS) is 13.5. The molecule has 2 N–H and O–H groups in total. The van der Waals surface area contributed by atoms with Crippen LogP contribution in [-0.2, 0) is 6.54 Å². The molecule has 0 spiro atoms. The summed E-state index contributed by atoms with van der Waals surface area (Å²) in [6, 6.07) is 27.7. The molecular formula is C23H24NO2+. The van der Waals surface area contributed by atoms with Gasteiger partial charge in [0.15, 0.2) is 11.5 Å². The van der Waals surface area contributed by atoms with Gasteiger partial charge >= 0.3 is 0 Å². The molecule has 1 heterocycles. The van der Waals surface area contributed by atoms with Gasteiger partial charge < -0.3 is 14.8 Å². The van der Waals surface area contributed by atoms with Crippen molar-refractivity contribution in [3.63, 3.8) is 0 Å². The van der Waals surface area contributed by atoms with E-state index in [2.05, 4.69) is 78.1 Å². The third kappa shape index (κ3) is 3.89. The van der Waals surface area contributed by atoms with E-state index in [0.29, 0.717) is 12.7 Å². The molecule has 1 atom stereocenters. The maximum absolute atomic E-state index is 5.58. The molecule has 3 aromatic rings. The topological polar surface area (TPSA) is 35.1 Å². The molecule has 26 heavy (non-hydrogen) atoms. The quantitative estimate of drug-likeness (QED) is 0.662. The van der Waals surface area contributed by atoms with Crippen molar-refractivity contribution >= 4 is 0 Å². The average Bonchev–Trinajstić information content (AvgIpc) is 3.17. The lowest BCUT2D eigenvalue weighted by molar-refractivity contribution is -0.671. The fraction of sp³-hybridized carbons (Fsp3) is 0.217. The van der Waals surface area contributed by atoms with Gasteiger partial charge in [0.25, 0.3) is 0 Å². The van der Waals surface area contributed by atoms with Crippen molar-refractivity contribution in [2.45, 2.75) is 18.9 Å². The molecule has 1 aliphatic heterocycles. The van der Waals surface area contributed by atoms with Crippen molar-refractivity contribution in [2.75, 3.05) is 13.3 Å². The zero-order valence-corrected chi connectivity index (χ0v) is 14.8. The van der Waals surface area contributed by atoms with E-state index in [0.717, 1.165) is 31.0 Å². The highest BCUT2D eigenvalue weighted by molar-refractivity contribution is 5.47. The summed E-state index contributed by atoms with van der Waals surface area (Å²) in [5.74, 6) is 2.06. The van der Waals surface area contributed by atoms with Crippen LogP contribution in [0.3, 0.4) is 0 Å². The largest absolute Gasteiger partial charge is 0.454 e. The minimum absolute atomic E-state index is 0.319. The van der Waals surface area contributed by atoms with Crippen LogP contribution in [0, 0.1) is 0 Å². The van der Waals surface area contributed by atoms with Gasteiger partial charge in [0.1, 0.15) is 6.54 Å². The maximum atomic E-state index is 5.58. The molecule has 4 rings (SSSR count). The SMILES string of the molecule is c1ccc(C[NH2+]CC[C@@H](c2ccccc2)c2ccc3c(c2)OCO3)cc1. The predicted octanol–water partition coefficient (Wildman–Crippen LogP) is 3.70. The molecule has 0 bridgehead atoms. The Morgan fingerprint density at radius 2 is 1.50 bits per heavy atom. The van der Waals surface area contributed by atoms with Crippen LogP contribution in [0.25, 0.3) is 0 Å². The van der Waals surface area contributed by atoms with E-state index in [9.17, 15) is 0 Å². The van der Waals surface area contributed by atoms with Gasteiger partial charge in [-0.15, -0.1) is 0 Å². The standard InChI is InChI=1S/C23H23NO2/c1-3-7-18(8-4-1)16-24-14-13-21(19-9-5-2-6-10-19)20-11-12-22-23(15-20)26-17-25-22/h1-12,15,21,24H,13-14,16-17H2/p+1/t21-/m0/s1. The van der Waals surface area contributed by atoms with Gasteiger partial charge in [-0.05, 0) is 23.3 Å². The lowest BCUT2D eigenvalue weighted by Gasteiger charge is -2.18. The highest BCUT2D eigenvalue weighted by atomic mass is 16.7. The van der Waals surface area contributed by atoms with Crippen LogP contribution >= 0.6 is 0 Å². The molecule has 0 saturated heterocycles. The number of quaternary nitrogens is 1. The molecule has 1 aliphatic rings. The van der Waals surface area contributed by atoms with Crippen LogP contribution < -0.4 is 14.8 Å². The summed E-state index contributed by atoms with van der Waals surface area (Å²) < 4.78 is 11.0. The zero-order chi connectivity index (χ0) is 17.6. The Hall–Kier alpha value is -2.78. The minimum Gasteiger partial charge on any atom is -0.454 e. The molecule has 132 valence electrons. The number of fused-ring (bicyclic) bond motifs is 1.